The minimum atomic E-state index is -0.589. The van der Waals surface area contributed by atoms with E-state index in [1.165, 1.54) is 0 Å². The van der Waals surface area contributed by atoms with Crippen molar-refractivity contribution in [3.8, 4) is 11.1 Å². The Morgan fingerprint density at radius 3 is 2.39 bits per heavy atom. The standard InChI is InChI=1S/C15H12O3/c16-14-10-17-15(18-14)13-9-5-4-8-12(13)11-6-2-1-3-7-11/h1-9,15H,10H2. The minimum absolute atomic E-state index is 0.0216. The Bertz CT molecular complexity index is 563. The molecule has 18 heavy (non-hydrogen) atoms. The summed E-state index contributed by atoms with van der Waals surface area (Å²) in [5.74, 6) is -0.317. The second-order valence-electron chi connectivity index (χ2n) is 4.09. The molecule has 0 amide bonds. The molecule has 0 N–H and O–H groups in total. The van der Waals surface area contributed by atoms with E-state index in [0.717, 1.165) is 16.7 Å². The van der Waals surface area contributed by atoms with Crippen molar-refractivity contribution in [3.05, 3.63) is 60.2 Å². The van der Waals surface area contributed by atoms with Crippen molar-refractivity contribution in [1.82, 2.24) is 0 Å². The van der Waals surface area contributed by atoms with Gasteiger partial charge in [0.05, 0.1) is 0 Å². The highest BCUT2D eigenvalue weighted by Gasteiger charge is 2.27. The molecule has 3 heteroatoms. The fraction of sp³-hybridized carbons (Fsp3) is 0.133. The van der Waals surface area contributed by atoms with Gasteiger partial charge in [-0.25, -0.2) is 4.79 Å². The summed E-state index contributed by atoms with van der Waals surface area (Å²) < 4.78 is 10.5. The van der Waals surface area contributed by atoms with Gasteiger partial charge in [0, 0.05) is 5.56 Å². The van der Waals surface area contributed by atoms with Gasteiger partial charge in [-0.2, -0.15) is 0 Å². The molecule has 2 aromatic rings. The third kappa shape index (κ3) is 2.00. The second-order valence-corrected chi connectivity index (χ2v) is 4.09. The number of cyclic esters (lactones) is 1. The second kappa shape index (κ2) is 4.63. The summed E-state index contributed by atoms with van der Waals surface area (Å²) in [5.41, 5.74) is 2.99. The normalized spacial score (nSPS) is 18.7. The number of benzene rings is 2. The van der Waals surface area contributed by atoms with E-state index in [4.69, 9.17) is 9.47 Å². The van der Waals surface area contributed by atoms with Crippen molar-refractivity contribution in [2.24, 2.45) is 0 Å². The van der Waals surface area contributed by atoms with Gasteiger partial charge in [0.15, 0.2) is 0 Å². The quantitative estimate of drug-likeness (QED) is 0.757. The van der Waals surface area contributed by atoms with E-state index in [1.54, 1.807) is 0 Å². The average molecular weight is 240 g/mol. The van der Waals surface area contributed by atoms with Gasteiger partial charge < -0.3 is 9.47 Å². The molecule has 3 nitrogen and oxygen atoms in total. The molecule has 1 fully saturated rings. The SMILES string of the molecule is O=C1COC(c2ccccc2-c2ccccc2)O1. The third-order valence-electron chi connectivity index (χ3n) is 2.89. The molecular formula is C15H12O3. The zero-order valence-electron chi connectivity index (χ0n) is 9.71. The van der Waals surface area contributed by atoms with Gasteiger partial charge in [0.25, 0.3) is 0 Å². The van der Waals surface area contributed by atoms with Crippen LogP contribution in [-0.4, -0.2) is 12.6 Å². The Balaban J connectivity index is 2.03. The van der Waals surface area contributed by atoms with Crippen molar-refractivity contribution in [1.29, 1.82) is 0 Å². The number of ether oxygens (including phenoxy) is 2. The topological polar surface area (TPSA) is 35.5 Å². The highest BCUT2D eigenvalue weighted by atomic mass is 16.7. The predicted octanol–water partition coefficient (Wildman–Crippen LogP) is 2.93. The molecule has 1 atom stereocenters. The lowest BCUT2D eigenvalue weighted by atomic mass is 9.99. The smallest absolute Gasteiger partial charge is 0.334 e. The van der Waals surface area contributed by atoms with Crippen LogP contribution < -0.4 is 0 Å². The average Bonchev–Trinajstić information content (AvgIpc) is 2.86. The largest absolute Gasteiger partial charge is 0.429 e. The van der Waals surface area contributed by atoms with E-state index >= 15 is 0 Å². The minimum Gasteiger partial charge on any atom is -0.429 e. The number of rotatable bonds is 2. The molecule has 1 heterocycles. The van der Waals surface area contributed by atoms with Gasteiger partial charge in [-0.1, -0.05) is 54.6 Å². The first-order chi connectivity index (χ1) is 8.84. The maximum atomic E-state index is 11.1. The van der Waals surface area contributed by atoms with Gasteiger partial charge in [0.2, 0.25) is 6.29 Å². The molecule has 0 saturated carbocycles. The molecule has 0 radical (unpaired) electrons. The molecule has 1 aliphatic heterocycles. The van der Waals surface area contributed by atoms with Crippen molar-refractivity contribution >= 4 is 5.97 Å². The molecule has 0 spiro atoms. The Labute approximate surface area is 105 Å². The fourth-order valence-corrected chi connectivity index (χ4v) is 2.07. The van der Waals surface area contributed by atoms with Crippen LogP contribution in [0.1, 0.15) is 11.9 Å². The van der Waals surface area contributed by atoms with Crippen LogP contribution in [0.5, 0.6) is 0 Å². The lowest BCUT2D eigenvalue weighted by Gasteiger charge is -2.14. The Kier molecular flexibility index (Phi) is 2.82. The van der Waals surface area contributed by atoms with Gasteiger partial charge in [-0.3, -0.25) is 0 Å². The van der Waals surface area contributed by atoms with Crippen LogP contribution in [-0.2, 0) is 14.3 Å². The number of hydrogen-bond donors (Lipinski definition) is 0. The van der Waals surface area contributed by atoms with E-state index in [1.807, 2.05) is 54.6 Å². The summed E-state index contributed by atoms with van der Waals surface area (Å²) >= 11 is 0. The first kappa shape index (κ1) is 11.0. The van der Waals surface area contributed by atoms with Crippen LogP contribution in [0.4, 0.5) is 0 Å². The zero-order chi connectivity index (χ0) is 12.4. The molecule has 2 aromatic carbocycles. The highest BCUT2D eigenvalue weighted by Crippen LogP contribution is 2.32. The maximum absolute atomic E-state index is 11.1. The fourth-order valence-electron chi connectivity index (χ4n) is 2.07. The third-order valence-corrected chi connectivity index (χ3v) is 2.89. The zero-order valence-corrected chi connectivity index (χ0v) is 9.71. The van der Waals surface area contributed by atoms with Crippen LogP contribution >= 0.6 is 0 Å². The number of hydrogen-bond acceptors (Lipinski definition) is 3. The molecule has 0 aromatic heterocycles. The van der Waals surface area contributed by atoms with E-state index in [2.05, 4.69) is 0 Å². The van der Waals surface area contributed by atoms with E-state index in [9.17, 15) is 4.79 Å². The maximum Gasteiger partial charge on any atom is 0.334 e. The van der Waals surface area contributed by atoms with Crippen molar-refractivity contribution in [3.63, 3.8) is 0 Å². The summed E-state index contributed by atoms with van der Waals surface area (Å²) in [6, 6.07) is 17.8. The molecular weight excluding hydrogens is 228 g/mol. The van der Waals surface area contributed by atoms with Crippen LogP contribution in [0, 0.1) is 0 Å². The van der Waals surface area contributed by atoms with Crippen LogP contribution in [0.15, 0.2) is 54.6 Å². The van der Waals surface area contributed by atoms with Crippen molar-refractivity contribution < 1.29 is 14.3 Å². The van der Waals surface area contributed by atoms with Gasteiger partial charge in [-0.15, -0.1) is 0 Å². The Morgan fingerprint density at radius 2 is 1.67 bits per heavy atom. The molecule has 3 rings (SSSR count). The monoisotopic (exact) mass is 240 g/mol. The molecule has 1 saturated heterocycles. The van der Waals surface area contributed by atoms with Gasteiger partial charge in [0.1, 0.15) is 6.61 Å². The molecule has 1 unspecified atom stereocenters. The first-order valence-electron chi connectivity index (χ1n) is 5.80. The molecule has 0 bridgehead atoms. The summed E-state index contributed by atoms with van der Waals surface area (Å²) in [7, 11) is 0. The number of carbonyl (C=O) groups excluding carboxylic acids is 1. The summed E-state index contributed by atoms with van der Waals surface area (Å²) in [5, 5.41) is 0. The Hall–Kier alpha value is -2.13. The van der Waals surface area contributed by atoms with Crippen LogP contribution in [0.2, 0.25) is 0 Å². The Morgan fingerprint density at radius 1 is 0.944 bits per heavy atom. The van der Waals surface area contributed by atoms with Crippen LogP contribution in [0.25, 0.3) is 11.1 Å². The van der Waals surface area contributed by atoms with E-state index in [-0.39, 0.29) is 12.6 Å². The predicted molar refractivity (Wildman–Crippen MR) is 66.7 cm³/mol. The number of esters is 1. The lowest BCUT2D eigenvalue weighted by Crippen LogP contribution is -2.01. The molecule has 0 aliphatic carbocycles. The van der Waals surface area contributed by atoms with Gasteiger partial charge in [-0.05, 0) is 11.1 Å². The van der Waals surface area contributed by atoms with E-state index in [0.29, 0.717) is 0 Å². The number of carbonyl (C=O) groups is 1. The van der Waals surface area contributed by atoms with Crippen molar-refractivity contribution in [2.75, 3.05) is 6.61 Å². The summed E-state index contributed by atoms with van der Waals surface area (Å²) in [6.07, 6.45) is -0.589. The molecule has 1 aliphatic rings. The van der Waals surface area contributed by atoms with Gasteiger partial charge >= 0.3 is 5.97 Å². The van der Waals surface area contributed by atoms with Crippen molar-refractivity contribution in [2.45, 2.75) is 6.29 Å². The van der Waals surface area contributed by atoms with Crippen LogP contribution in [0.3, 0.4) is 0 Å². The summed E-state index contributed by atoms with van der Waals surface area (Å²) in [6.45, 7) is 0.0216. The highest BCUT2D eigenvalue weighted by molar-refractivity contribution is 5.74. The molecule has 90 valence electrons. The first-order valence-corrected chi connectivity index (χ1v) is 5.80. The van der Waals surface area contributed by atoms with E-state index < -0.39 is 6.29 Å². The lowest BCUT2D eigenvalue weighted by molar-refractivity contribution is -0.143. The summed E-state index contributed by atoms with van der Waals surface area (Å²) in [4.78, 5) is 11.1.